The van der Waals surface area contributed by atoms with Crippen LogP contribution in [0.25, 0.3) is 0 Å². The van der Waals surface area contributed by atoms with Crippen LogP contribution in [0.15, 0.2) is 24.3 Å². The largest absolute Gasteiger partial charge is 0.481 e. The van der Waals surface area contributed by atoms with Gasteiger partial charge in [-0.25, -0.2) is 0 Å². The number of hydrogen-bond acceptors (Lipinski definition) is 3. The number of carboxylic acids is 1. The van der Waals surface area contributed by atoms with Crippen molar-refractivity contribution in [3.63, 3.8) is 0 Å². The lowest BCUT2D eigenvalue weighted by Crippen LogP contribution is -2.23. The van der Waals surface area contributed by atoms with Crippen molar-refractivity contribution in [2.24, 2.45) is 0 Å². The molecule has 5 heteroatoms. The Bertz CT molecular complexity index is 458. The topological polar surface area (TPSA) is 66.8 Å². The first-order chi connectivity index (χ1) is 8.68. The Hall–Kier alpha value is -1.88. The third kappa shape index (κ3) is 2.87. The molecule has 0 saturated carbocycles. The molecule has 0 aliphatic carbocycles. The standard InChI is InChI=1S/C13H15NO4/c15-12-8-9-18-14(12)11-6-2-1-4-10(11)5-3-7-13(16)17/h1-2,4,6H,3,5,7-9H2,(H,16,17). The molecule has 1 aromatic rings. The Morgan fingerprint density at radius 1 is 1.39 bits per heavy atom. The van der Waals surface area contributed by atoms with Gasteiger partial charge < -0.3 is 5.11 Å². The van der Waals surface area contributed by atoms with Crippen LogP contribution in [0.1, 0.15) is 24.8 Å². The monoisotopic (exact) mass is 249 g/mol. The number of carbonyl (C=O) groups excluding carboxylic acids is 1. The molecule has 0 aromatic heterocycles. The first kappa shape index (κ1) is 12.6. The van der Waals surface area contributed by atoms with E-state index in [-0.39, 0.29) is 12.3 Å². The van der Waals surface area contributed by atoms with Crippen molar-refractivity contribution in [2.75, 3.05) is 11.7 Å². The van der Waals surface area contributed by atoms with Gasteiger partial charge in [0.05, 0.1) is 18.7 Å². The van der Waals surface area contributed by atoms with Crippen LogP contribution in [-0.2, 0) is 20.8 Å². The summed E-state index contributed by atoms with van der Waals surface area (Å²) < 4.78 is 0. The lowest BCUT2D eigenvalue weighted by Gasteiger charge is -2.17. The molecule has 1 saturated heterocycles. The lowest BCUT2D eigenvalue weighted by molar-refractivity contribution is -0.137. The zero-order valence-electron chi connectivity index (χ0n) is 9.96. The maximum Gasteiger partial charge on any atom is 0.303 e. The van der Waals surface area contributed by atoms with Crippen LogP contribution in [0, 0.1) is 0 Å². The molecule has 1 heterocycles. The molecule has 1 fully saturated rings. The second-order valence-electron chi connectivity index (χ2n) is 4.15. The van der Waals surface area contributed by atoms with Gasteiger partial charge in [0, 0.05) is 6.42 Å². The van der Waals surface area contributed by atoms with Crippen molar-refractivity contribution in [2.45, 2.75) is 25.7 Å². The van der Waals surface area contributed by atoms with Crippen molar-refractivity contribution < 1.29 is 19.5 Å². The zero-order valence-corrected chi connectivity index (χ0v) is 9.96. The Labute approximate surface area is 105 Å². The number of benzene rings is 1. The summed E-state index contributed by atoms with van der Waals surface area (Å²) in [5.41, 5.74) is 1.67. The van der Waals surface area contributed by atoms with E-state index < -0.39 is 5.97 Å². The van der Waals surface area contributed by atoms with Gasteiger partial charge in [0.1, 0.15) is 0 Å². The third-order valence-corrected chi connectivity index (χ3v) is 2.81. The highest BCUT2D eigenvalue weighted by atomic mass is 16.7. The van der Waals surface area contributed by atoms with Crippen molar-refractivity contribution in [1.82, 2.24) is 0 Å². The first-order valence-corrected chi connectivity index (χ1v) is 5.94. The summed E-state index contributed by atoms with van der Waals surface area (Å²) in [5, 5.41) is 9.94. The molecule has 5 nitrogen and oxygen atoms in total. The normalized spacial score (nSPS) is 15.1. The first-order valence-electron chi connectivity index (χ1n) is 5.94. The number of aryl methyl sites for hydroxylation is 1. The minimum Gasteiger partial charge on any atom is -0.481 e. The molecule has 2 rings (SSSR count). The number of para-hydroxylation sites is 1. The van der Waals surface area contributed by atoms with Crippen LogP contribution in [0.5, 0.6) is 0 Å². The average Bonchev–Trinajstić information content (AvgIpc) is 2.76. The summed E-state index contributed by atoms with van der Waals surface area (Å²) >= 11 is 0. The molecule has 0 bridgehead atoms. The third-order valence-electron chi connectivity index (χ3n) is 2.81. The number of hydroxylamine groups is 1. The maximum atomic E-state index is 11.6. The van der Waals surface area contributed by atoms with Crippen LogP contribution in [0.3, 0.4) is 0 Å². The van der Waals surface area contributed by atoms with Gasteiger partial charge in [0.2, 0.25) is 0 Å². The van der Waals surface area contributed by atoms with E-state index in [9.17, 15) is 9.59 Å². The average molecular weight is 249 g/mol. The Kier molecular flexibility index (Phi) is 3.94. The molecule has 0 atom stereocenters. The van der Waals surface area contributed by atoms with Crippen molar-refractivity contribution in [1.29, 1.82) is 0 Å². The molecule has 1 amide bonds. The number of carbonyl (C=O) groups is 2. The minimum absolute atomic E-state index is 0.0549. The fourth-order valence-corrected chi connectivity index (χ4v) is 1.95. The molecule has 1 aliphatic heterocycles. The van der Waals surface area contributed by atoms with Crippen molar-refractivity contribution in [3.8, 4) is 0 Å². The summed E-state index contributed by atoms with van der Waals surface area (Å²) in [5.74, 6) is -0.860. The van der Waals surface area contributed by atoms with Gasteiger partial charge in [-0.3, -0.25) is 14.4 Å². The predicted octanol–water partition coefficient (Wildman–Crippen LogP) is 1.76. The van der Waals surface area contributed by atoms with E-state index in [1.807, 2.05) is 24.3 Å². The highest BCUT2D eigenvalue weighted by Gasteiger charge is 2.24. The molecule has 0 unspecified atom stereocenters. The zero-order chi connectivity index (χ0) is 13.0. The van der Waals surface area contributed by atoms with E-state index in [2.05, 4.69) is 0 Å². The smallest absolute Gasteiger partial charge is 0.303 e. The van der Waals surface area contributed by atoms with Crippen LogP contribution >= 0.6 is 0 Å². The Morgan fingerprint density at radius 3 is 2.83 bits per heavy atom. The number of carboxylic acid groups (broad SMARTS) is 1. The maximum absolute atomic E-state index is 11.6. The molecule has 1 aromatic carbocycles. The van der Waals surface area contributed by atoms with Gasteiger partial charge in [-0.2, -0.15) is 5.06 Å². The number of anilines is 1. The van der Waals surface area contributed by atoms with Crippen LogP contribution < -0.4 is 5.06 Å². The summed E-state index contributed by atoms with van der Waals surface area (Å²) in [6.07, 6.45) is 1.69. The van der Waals surface area contributed by atoms with Crippen molar-refractivity contribution in [3.05, 3.63) is 29.8 Å². The van der Waals surface area contributed by atoms with Crippen LogP contribution in [0.4, 0.5) is 5.69 Å². The van der Waals surface area contributed by atoms with Gasteiger partial charge in [0.25, 0.3) is 5.91 Å². The van der Waals surface area contributed by atoms with Gasteiger partial charge in [-0.05, 0) is 24.5 Å². The lowest BCUT2D eigenvalue weighted by atomic mass is 10.1. The van der Waals surface area contributed by atoms with E-state index >= 15 is 0 Å². The molecule has 96 valence electrons. The molecule has 1 N–H and O–H groups in total. The fourth-order valence-electron chi connectivity index (χ4n) is 1.95. The second-order valence-corrected chi connectivity index (χ2v) is 4.15. The SMILES string of the molecule is O=C(O)CCCc1ccccc1N1OCCC1=O. The molecular formula is C13H15NO4. The second kappa shape index (κ2) is 5.64. The summed E-state index contributed by atoms with van der Waals surface area (Å²) in [7, 11) is 0. The Balaban J connectivity index is 2.10. The van der Waals surface area contributed by atoms with E-state index in [1.165, 1.54) is 5.06 Å². The van der Waals surface area contributed by atoms with Crippen molar-refractivity contribution >= 4 is 17.6 Å². The van der Waals surface area contributed by atoms with Gasteiger partial charge in [0.15, 0.2) is 0 Å². The van der Waals surface area contributed by atoms with Crippen LogP contribution in [0.2, 0.25) is 0 Å². The number of hydrogen-bond donors (Lipinski definition) is 1. The van der Waals surface area contributed by atoms with E-state index in [4.69, 9.17) is 9.94 Å². The van der Waals surface area contributed by atoms with E-state index in [1.54, 1.807) is 0 Å². The molecular weight excluding hydrogens is 234 g/mol. The molecule has 0 radical (unpaired) electrons. The molecule has 0 spiro atoms. The van der Waals surface area contributed by atoms with Gasteiger partial charge in [-0.15, -0.1) is 0 Å². The molecule has 18 heavy (non-hydrogen) atoms. The summed E-state index contributed by atoms with van der Waals surface area (Å²) in [4.78, 5) is 27.4. The number of amides is 1. The summed E-state index contributed by atoms with van der Waals surface area (Å²) in [6, 6.07) is 7.43. The Morgan fingerprint density at radius 2 is 2.17 bits per heavy atom. The molecule has 1 aliphatic rings. The fraction of sp³-hybridized carbons (Fsp3) is 0.385. The quantitative estimate of drug-likeness (QED) is 0.863. The van der Waals surface area contributed by atoms with E-state index in [0.717, 1.165) is 11.3 Å². The number of rotatable bonds is 5. The number of aliphatic carboxylic acids is 1. The van der Waals surface area contributed by atoms with Crippen LogP contribution in [-0.4, -0.2) is 23.6 Å². The highest BCUT2D eigenvalue weighted by molar-refractivity contribution is 5.93. The summed E-state index contributed by atoms with van der Waals surface area (Å²) in [6.45, 7) is 0.405. The van der Waals surface area contributed by atoms with Gasteiger partial charge >= 0.3 is 5.97 Å². The van der Waals surface area contributed by atoms with E-state index in [0.29, 0.717) is 25.9 Å². The predicted molar refractivity (Wildman–Crippen MR) is 65.1 cm³/mol. The van der Waals surface area contributed by atoms with Gasteiger partial charge in [-0.1, -0.05) is 18.2 Å². The minimum atomic E-state index is -0.805. The highest BCUT2D eigenvalue weighted by Crippen LogP contribution is 2.25. The number of nitrogens with zero attached hydrogens (tertiary/aromatic N) is 1.